The van der Waals surface area contributed by atoms with Gasteiger partial charge in [-0.3, -0.25) is 14.8 Å². The molecule has 0 fully saturated rings. The molecule has 0 aliphatic carbocycles. The summed E-state index contributed by atoms with van der Waals surface area (Å²) in [7, 11) is 0. The van der Waals surface area contributed by atoms with Crippen molar-refractivity contribution in [1.29, 1.82) is 0 Å². The van der Waals surface area contributed by atoms with Gasteiger partial charge >= 0.3 is 0 Å². The van der Waals surface area contributed by atoms with Gasteiger partial charge in [0.1, 0.15) is 0 Å². The predicted molar refractivity (Wildman–Crippen MR) is 97.3 cm³/mol. The fraction of sp³-hybridized carbons (Fsp3) is 0.150. The highest BCUT2D eigenvalue weighted by atomic mass is 16.1. The maximum atomic E-state index is 12.4. The Bertz CT molecular complexity index is 894. The van der Waals surface area contributed by atoms with Gasteiger partial charge in [-0.15, -0.1) is 0 Å². The van der Waals surface area contributed by atoms with Gasteiger partial charge in [-0.05, 0) is 23.8 Å². The summed E-state index contributed by atoms with van der Waals surface area (Å²) < 4.78 is 0. The van der Waals surface area contributed by atoms with E-state index in [4.69, 9.17) is 4.98 Å². The molecule has 2 N–H and O–H groups in total. The normalized spacial score (nSPS) is 13.0. The van der Waals surface area contributed by atoms with Gasteiger partial charge < -0.3 is 10.6 Å². The van der Waals surface area contributed by atoms with E-state index in [9.17, 15) is 4.79 Å². The molecule has 1 aromatic carbocycles. The largest absolute Gasteiger partial charge is 0.380 e. The summed E-state index contributed by atoms with van der Waals surface area (Å²) in [5.74, 6) is -0.0643. The van der Waals surface area contributed by atoms with E-state index in [0.29, 0.717) is 18.7 Å². The summed E-state index contributed by atoms with van der Waals surface area (Å²) >= 11 is 0. The molecular weight excluding hydrogens is 312 g/mol. The van der Waals surface area contributed by atoms with Gasteiger partial charge in [0, 0.05) is 37.5 Å². The highest BCUT2D eigenvalue weighted by molar-refractivity contribution is 6.02. The zero-order chi connectivity index (χ0) is 17.1. The van der Waals surface area contributed by atoms with E-state index in [1.165, 1.54) is 0 Å². The lowest BCUT2D eigenvalue weighted by atomic mass is 10.0. The second-order valence-electron chi connectivity index (χ2n) is 5.96. The van der Waals surface area contributed by atoms with Crippen molar-refractivity contribution in [3.63, 3.8) is 0 Å². The molecule has 0 atom stereocenters. The number of pyridine rings is 2. The molecule has 1 amide bonds. The number of rotatable bonds is 4. The van der Waals surface area contributed by atoms with E-state index in [-0.39, 0.29) is 5.91 Å². The number of nitrogens with one attached hydrogen (secondary N) is 2. The van der Waals surface area contributed by atoms with Crippen LogP contribution >= 0.6 is 0 Å². The second kappa shape index (κ2) is 6.73. The first-order valence-corrected chi connectivity index (χ1v) is 8.31. The average molecular weight is 330 g/mol. The Morgan fingerprint density at radius 3 is 2.68 bits per heavy atom. The Hall–Kier alpha value is -3.21. The van der Waals surface area contributed by atoms with Crippen molar-refractivity contribution in [3.05, 3.63) is 77.7 Å². The van der Waals surface area contributed by atoms with Gasteiger partial charge in [-0.2, -0.15) is 0 Å². The Labute approximate surface area is 146 Å². The van der Waals surface area contributed by atoms with Crippen LogP contribution in [0.25, 0.3) is 11.3 Å². The van der Waals surface area contributed by atoms with E-state index in [1.54, 1.807) is 12.4 Å². The number of nitrogens with zero attached hydrogens (tertiary/aromatic N) is 2. The zero-order valence-corrected chi connectivity index (χ0v) is 13.7. The van der Waals surface area contributed by atoms with Crippen LogP contribution in [0.2, 0.25) is 0 Å². The number of hydrogen-bond donors (Lipinski definition) is 2. The van der Waals surface area contributed by atoms with Gasteiger partial charge in [0.15, 0.2) is 0 Å². The number of aromatic nitrogens is 2. The molecule has 0 saturated carbocycles. The lowest BCUT2D eigenvalue weighted by molar-refractivity contribution is 0.0946. The molecule has 0 unspecified atom stereocenters. The van der Waals surface area contributed by atoms with E-state index >= 15 is 0 Å². The van der Waals surface area contributed by atoms with Crippen LogP contribution in [0.15, 0.2) is 60.9 Å². The van der Waals surface area contributed by atoms with Crippen molar-refractivity contribution in [2.24, 2.45) is 0 Å². The number of carbonyl (C=O) groups excluding carboxylic acids is 1. The molecule has 0 radical (unpaired) electrons. The molecule has 3 aromatic rings. The number of anilines is 1. The smallest absolute Gasteiger partial charge is 0.255 e. The summed E-state index contributed by atoms with van der Waals surface area (Å²) in [5.41, 5.74) is 5.35. The molecule has 0 bridgehead atoms. The van der Waals surface area contributed by atoms with Gasteiger partial charge in [0.05, 0.1) is 22.6 Å². The topological polar surface area (TPSA) is 66.9 Å². The SMILES string of the molecule is O=C1NCCc2nc(-c3ccccc3)cc(NCc3ccncc3)c21. The fourth-order valence-corrected chi connectivity index (χ4v) is 3.01. The first-order chi connectivity index (χ1) is 12.3. The Kier molecular flexibility index (Phi) is 4.12. The average Bonchev–Trinajstić information content (AvgIpc) is 2.67. The molecule has 0 saturated heterocycles. The highest BCUT2D eigenvalue weighted by Gasteiger charge is 2.23. The third kappa shape index (κ3) is 3.21. The first kappa shape index (κ1) is 15.3. The molecule has 3 heterocycles. The van der Waals surface area contributed by atoms with Crippen LogP contribution < -0.4 is 10.6 Å². The molecule has 25 heavy (non-hydrogen) atoms. The van der Waals surface area contributed by atoms with Gasteiger partial charge in [0.2, 0.25) is 0 Å². The minimum atomic E-state index is -0.0643. The molecular formula is C20H18N4O. The molecule has 4 rings (SSSR count). The van der Waals surface area contributed by atoms with Gasteiger partial charge in [0.25, 0.3) is 5.91 Å². The van der Waals surface area contributed by atoms with E-state index < -0.39 is 0 Å². The van der Waals surface area contributed by atoms with E-state index in [0.717, 1.165) is 34.6 Å². The van der Waals surface area contributed by atoms with Crippen LogP contribution in [0.4, 0.5) is 5.69 Å². The molecule has 5 nitrogen and oxygen atoms in total. The lowest BCUT2D eigenvalue weighted by Crippen LogP contribution is -2.33. The number of amides is 1. The highest BCUT2D eigenvalue weighted by Crippen LogP contribution is 2.28. The van der Waals surface area contributed by atoms with Gasteiger partial charge in [-0.1, -0.05) is 30.3 Å². The van der Waals surface area contributed by atoms with Crippen LogP contribution in [0.3, 0.4) is 0 Å². The maximum absolute atomic E-state index is 12.4. The summed E-state index contributed by atoms with van der Waals surface area (Å²) in [6.45, 7) is 1.25. The molecule has 1 aliphatic heterocycles. The minimum Gasteiger partial charge on any atom is -0.380 e. The van der Waals surface area contributed by atoms with Crippen molar-refractivity contribution < 1.29 is 4.79 Å². The van der Waals surface area contributed by atoms with Crippen molar-refractivity contribution in [3.8, 4) is 11.3 Å². The van der Waals surface area contributed by atoms with Crippen LogP contribution in [0.1, 0.15) is 21.6 Å². The van der Waals surface area contributed by atoms with Crippen molar-refractivity contribution >= 4 is 11.6 Å². The standard InChI is InChI=1S/C20H18N4O/c25-20-19-16(8-11-22-20)24-17(15-4-2-1-3-5-15)12-18(19)23-13-14-6-9-21-10-7-14/h1-7,9-10,12H,8,11,13H2,(H,22,25)(H,23,24). The molecule has 1 aliphatic rings. The predicted octanol–water partition coefficient (Wildman–Crippen LogP) is 3.04. The third-order valence-corrected chi connectivity index (χ3v) is 4.27. The van der Waals surface area contributed by atoms with Crippen LogP contribution in [-0.4, -0.2) is 22.4 Å². The van der Waals surface area contributed by atoms with Gasteiger partial charge in [-0.25, -0.2) is 0 Å². The zero-order valence-electron chi connectivity index (χ0n) is 13.7. The van der Waals surface area contributed by atoms with Crippen molar-refractivity contribution in [1.82, 2.24) is 15.3 Å². The number of fused-ring (bicyclic) bond motifs is 1. The molecule has 2 aromatic heterocycles. The maximum Gasteiger partial charge on any atom is 0.255 e. The summed E-state index contributed by atoms with van der Waals surface area (Å²) in [5, 5.41) is 6.31. The molecule has 5 heteroatoms. The third-order valence-electron chi connectivity index (χ3n) is 4.27. The Balaban J connectivity index is 1.73. The summed E-state index contributed by atoms with van der Waals surface area (Å²) in [6, 6.07) is 15.9. The Morgan fingerprint density at radius 1 is 1.08 bits per heavy atom. The van der Waals surface area contributed by atoms with Crippen LogP contribution in [0.5, 0.6) is 0 Å². The van der Waals surface area contributed by atoms with Crippen molar-refractivity contribution in [2.75, 3.05) is 11.9 Å². The van der Waals surface area contributed by atoms with Crippen LogP contribution in [0, 0.1) is 0 Å². The van der Waals surface area contributed by atoms with Crippen molar-refractivity contribution in [2.45, 2.75) is 13.0 Å². The second-order valence-corrected chi connectivity index (χ2v) is 5.96. The molecule has 0 spiro atoms. The number of benzene rings is 1. The molecule has 124 valence electrons. The van der Waals surface area contributed by atoms with Crippen LogP contribution in [-0.2, 0) is 13.0 Å². The monoisotopic (exact) mass is 330 g/mol. The van der Waals surface area contributed by atoms with E-state index in [1.807, 2.05) is 48.5 Å². The lowest BCUT2D eigenvalue weighted by Gasteiger charge is -2.21. The minimum absolute atomic E-state index is 0.0643. The quantitative estimate of drug-likeness (QED) is 0.771. The number of hydrogen-bond acceptors (Lipinski definition) is 4. The Morgan fingerprint density at radius 2 is 1.88 bits per heavy atom. The fourth-order valence-electron chi connectivity index (χ4n) is 3.01. The first-order valence-electron chi connectivity index (χ1n) is 8.31. The van der Waals surface area contributed by atoms with E-state index in [2.05, 4.69) is 15.6 Å². The summed E-state index contributed by atoms with van der Waals surface area (Å²) in [6.07, 6.45) is 4.27. The summed E-state index contributed by atoms with van der Waals surface area (Å²) in [4.78, 5) is 21.1. The number of carbonyl (C=O) groups is 1.